The lowest BCUT2D eigenvalue weighted by Crippen LogP contribution is -2.19. The predicted octanol–water partition coefficient (Wildman–Crippen LogP) is 4.21. The van der Waals surface area contributed by atoms with Gasteiger partial charge in [0.05, 0.1) is 16.7 Å². The van der Waals surface area contributed by atoms with Gasteiger partial charge in [0, 0.05) is 23.6 Å². The first-order valence-corrected chi connectivity index (χ1v) is 8.26. The molecular formula is C16H14F3N3O2S. The maximum absolute atomic E-state index is 12.3. The average Bonchev–Trinajstić information content (AvgIpc) is 2.94. The van der Waals surface area contributed by atoms with E-state index in [9.17, 15) is 18.3 Å². The van der Waals surface area contributed by atoms with Crippen molar-refractivity contribution in [3.63, 3.8) is 0 Å². The van der Waals surface area contributed by atoms with Crippen LogP contribution in [0.3, 0.4) is 0 Å². The number of aromatic amines is 1. The molecule has 0 fully saturated rings. The van der Waals surface area contributed by atoms with Gasteiger partial charge in [-0.1, -0.05) is 11.8 Å². The number of aromatic hydroxyl groups is 1. The molecule has 132 valence electrons. The normalized spacial score (nSPS) is 11.8. The van der Waals surface area contributed by atoms with Crippen LogP contribution in [0.25, 0.3) is 11.0 Å². The summed E-state index contributed by atoms with van der Waals surface area (Å²) in [5.41, 5.74) is 2.60. The summed E-state index contributed by atoms with van der Waals surface area (Å²) in [6.07, 6.45) is -2.96. The highest BCUT2D eigenvalue weighted by Gasteiger charge is 2.28. The molecule has 2 aromatic heterocycles. The topological polar surface area (TPSA) is 71.0 Å². The zero-order valence-electron chi connectivity index (χ0n) is 13.1. The summed E-state index contributed by atoms with van der Waals surface area (Å²) < 4.78 is 41.7. The second kappa shape index (κ2) is 6.83. The lowest BCUT2D eigenvalue weighted by molar-refractivity contribution is -0.153. The van der Waals surface area contributed by atoms with E-state index in [2.05, 4.69) is 15.0 Å². The minimum atomic E-state index is -4.38. The smallest absolute Gasteiger partial charge is 0.422 e. The summed E-state index contributed by atoms with van der Waals surface area (Å²) in [5, 5.41) is 10.1. The Hall–Kier alpha value is -2.42. The molecule has 0 atom stereocenters. The average molecular weight is 369 g/mol. The van der Waals surface area contributed by atoms with Gasteiger partial charge >= 0.3 is 6.18 Å². The maximum atomic E-state index is 12.3. The third-order valence-corrected chi connectivity index (χ3v) is 4.32. The van der Waals surface area contributed by atoms with Crippen LogP contribution >= 0.6 is 11.8 Å². The van der Waals surface area contributed by atoms with Gasteiger partial charge in [0.1, 0.15) is 11.5 Å². The van der Waals surface area contributed by atoms with Gasteiger partial charge in [0.2, 0.25) is 0 Å². The molecule has 2 heterocycles. The number of H-pyrrole nitrogens is 1. The van der Waals surface area contributed by atoms with Gasteiger partial charge in [-0.15, -0.1) is 0 Å². The Morgan fingerprint density at radius 2 is 2.08 bits per heavy atom. The van der Waals surface area contributed by atoms with Crippen LogP contribution in [0.5, 0.6) is 11.5 Å². The highest BCUT2D eigenvalue weighted by atomic mass is 32.2. The summed E-state index contributed by atoms with van der Waals surface area (Å²) in [7, 11) is 0. The van der Waals surface area contributed by atoms with Gasteiger partial charge in [-0.05, 0) is 25.1 Å². The number of hydrogen-bond acceptors (Lipinski definition) is 5. The summed E-state index contributed by atoms with van der Waals surface area (Å²) >= 11 is 1.36. The molecule has 1 aromatic carbocycles. The van der Waals surface area contributed by atoms with Crippen LogP contribution in [-0.4, -0.2) is 32.8 Å². The number of alkyl halides is 3. The molecule has 0 saturated carbocycles. The number of benzene rings is 1. The van der Waals surface area contributed by atoms with Crippen molar-refractivity contribution in [2.45, 2.75) is 24.0 Å². The number of halogens is 3. The minimum absolute atomic E-state index is 0.139. The van der Waals surface area contributed by atoms with E-state index < -0.39 is 12.8 Å². The zero-order chi connectivity index (χ0) is 18.0. The van der Waals surface area contributed by atoms with Crippen molar-refractivity contribution in [1.29, 1.82) is 0 Å². The van der Waals surface area contributed by atoms with Crippen LogP contribution in [0.4, 0.5) is 13.2 Å². The largest absolute Gasteiger partial charge is 0.508 e. The van der Waals surface area contributed by atoms with Crippen LogP contribution in [0.15, 0.2) is 35.6 Å². The number of fused-ring (bicyclic) bond motifs is 1. The number of thioether (sulfide) groups is 1. The lowest BCUT2D eigenvalue weighted by Gasteiger charge is -2.13. The number of nitrogens with one attached hydrogen (secondary N) is 1. The number of aromatic nitrogens is 3. The fourth-order valence-corrected chi connectivity index (χ4v) is 3.11. The third kappa shape index (κ3) is 4.36. The number of nitrogens with zero attached hydrogens (tertiary/aromatic N) is 2. The fraction of sp³-hybridized carbons (Fsp3) is 0.250. The molecule has 0 aliphatic rings. The monoisotopic (exact) mass is 369 g/mol. The van der Waals surface area contributed by atoms with E-state index in [-0.39, 0.29) is 11.5 Å². The van der Waals surface area contributed by atoms with Crippen molar-refractivity contribution < 1.29 is 23.0 Å². The van der Waals surface area contributed by atoms with Crippen molar-refractivity contribution in [2.75, 3.05) is 6.61 Å². The van der Waals surface area contributed by atoms with E-state index in [0.717, 1.165) is 0 Å². The quantitative estimate of drug-likeness (QED) is 0.660. The summed E-state index contributed by atoms with van der Waals surface area (Å²) in [6, 6.07) is 6.23. The van der Waals surface area contributed by atoms with Crippen molar-refractivity contribution in [3.05, 3.63) is 41.7 Å². The molecule has 0 bridgehead atoms. The standard InChI is InChI=1S/C16H14F3N3O2S/c1-9-13(20-5-4-14(9)24-8-16(17,18)19)7-25-15-21-11-3-2-10(23)6-12(11)22-15/h2-6,23H,7-8H2,1H3,(H,21,22). The highest BCUT2D eigenvalue weighted by molar-refractivity contribution is 7.98. The second-order valence-corrected chi connectivity index (χ2v) is 6.28. The number of rotatable bonds is 5. The molecule has 3 rings (SSSR count). The Balaban J connectivity index is 1.71. The summed E-state index contributed by atoms with van der Waals surface area (Å²) in [6.45, 7) is 0.336. The molecule has 9 heteroatoms. The Morgan fingerprint density at radius 1 is 1.28 bits per heavy atom. The number of imidazole rings is 1. The lowest BCUT2D eigenvalue weighted by atomic mass is 10.2. The number of pyridine rings is 1. The van der Waals surface area contributed by atoms with E-state index in [1.54, 1.807) is 25.1 Å². The SMILES string of the molecule is Cc1c(OCC(F)(F)F)ccnc1CSc1nc2ccc(O)cc2[nH]1. The van der Waals surface area contributed by atoms with Gasteiger partial charge in [0.25, 0.3) is 0 Å². The summed E-state index contributed by atoms with van der Waals surface area (Å²) in [5.74, 6) is 0.720. The molecule has 5 nitrogen and oxygen atoms in total. The molecule has 0 amide bonds. The molecule has 0 unspecified atom stereocenters. The molecule has 0 saturated heterocycles. The second-order valence-electron chi connectivity index (χ2n) is 5.32. The first-order chi connectivity index (χ1) is 11.8. The number of phenolic OH excluding ortho intramolecular Hbond substituents is 1. The van der Waals surface area contributed by atoms with Gasteiger partial charge in [-0.3, -0.25) is 4.98 Å². The number of ether oxygens (including phenoxy) is 1. The predicted molar refractivity (Wildman–Crippen MR) is 87.8 cm³/mol. The van der Waals surface area contributed by atoms with Gasteiger partial charge < -0.3 is 14.8 Å². The highest BCUT2D eigenvalue weighted by Crippen LogP contribution is 2.28. The number of hydrogen-bond donors (Lipinski definition) is 2. The fourth-order valence-electron chi connectivity index (χ4n) is 2.20. The Kier molecular flexibility index (Phi) is 4.76. The van der Waals surface area contributed by atoms with Crippen LogP contribution in [0, 0.1) is 6.92 Å². The molecular weight excluding hydrogens is 355 g/mol. The van der Waals surface area contributed by atoms with Crippen molar-refractivity contribution in [2.24, 2.45) is 0 Å². The van der Waals surface area contributed by atoms with E-state index in [1.807, 2.05) is 0 Å². The molecule has 25 heavy (non-hydrogen) atoms. The van der Waals surface area contributed by atoms with Crippen LogP contribution in [0.2, 0.25) is 0 Å². The van der Waals surface area contributed by atoms with Crippen molar-refractivity contribution >= 4 is 22.8 Å². The van der Waals surface area contributed by atoms with Crippen LogP contribution < -0.4 is 4.74 Å². The first kappa shape index (κ1) is 17.4. The van der Waals surface area contributed by atoms with Gasteiger partial charge in [-0.2, -0.15) is 13.2 Å². The molecule has 0 spiro atoms. The van der Waals surface area contributed by atoms with E-state index in [0.29, 0.717) is 33.2 Å². The Morgan fingerprint density at radius 3 is 2.84 bits per heavy atom. The molecule has 3 aromatic rings. The van der Waals surface area contributed by atoms with E-state index >= 15 is 0 Å². The van der Waals surface area contributed by atoms with Crippen LogP contribution in [-0.2, 0) is 5.75 Å². The van der Waals surface area contributed by atoms with Crippen LogP contribution in [0.1, 0.15) is 11.3 Å². The molecule has 0 radical (unpaired) electrons. The van der Waals surface area contributed by atoms with Crippen molar-refractivity contribution in [1.82, 2.24) is 15.0 Å². The molecule has 0 aliphatic heterocycles. The Labute approximate surface area is 145 Å². The first-order valence-electron chi connectivity index (χ1n) is 7.27. The van der Waals surface area contributed by atoms with Gasteiger partial charge in [-0.25, -0.2) is 4.98 Å². The summed E-state index contributed by atoms with van der Waals surface area (Å²) in [4.78, 5) is 11.7. The molecule has 2 N–H and O–H groups in total. The minimum Gasteiger partial charge on any atom is -0.508 e. The molecule has 0 aliphatic carbocycles. The van der Waals surface area contributed by atoms with Crippen molar-refractivity contribution in [3.8, 4) is 11.5 Å². The third-order valence-electron chi connectivity index (χ3n) is 3.44. The zero-order valence-corrected chi connectivity index (χ0v) is 13.9. The Bertz CT molecular complexity index is 896. The van der Waals surface area contributed by atoms with E-state index in [4.69, 9.17) is 4.74 Å². The maximum Gasteiger partial charge on any atom is 0.422 e. The van der Waals surface area contributed by atoms with E-state index in [1.165, 1.54) is 24.0 Å². The van der Waals surface area contributed by atoms with Gasteiger partial charge in [0.15, 0.2) is 11.8 Å². The number of phenols is 1.